The van der Waals surface area contributed by atoms with Crippen LogP contribution in [0.15, 0.2) is 40.2 Å². The topological polar surface area (TPSA) is 91.9 Å². The molecule has 27 heavy (non-hydrogen) atoms. The van der Waals surface area contributed by atoms with E-state index in [1.807, 2.05) is 35.0 Å². The van der Waals surface area contributed by atoms with Crippen LogP contribution in [0.4, 0.5) is 0 Å². The van der Waals surface area contributed by atoms with Crippen LogP contribution in [0.1, 0.15) is 6.42 Å². The number of thioether (sulfide) groups is 1. The molecule has 6 nitrogen and oxygen atoms in total. The second-order valence-corrected chi connectivity index (χ2v) is 11.3. The largest absolute Gasteiger partial charge is 0.352 e. The Morgan fingerprint density at radius 2 is 2.00 bits per heavy atom. The number of sulfone groups is 1. The number of aromatic nitrogens is 2. The van der Waals surface area contributed by atoms with Gasteiger partial charge in [0.25, 0.3) is 0 Å². The maximum atomic E-state index is 12.2. The van der Waals surface area contributed by atoms with Crippen molar-refractivity contribution in [3.8, 4) is 21.1 Å². The number of rotatable bonds is 6. The Balaban J connectivity index is 1.45. The van der Waals surface area contributed by atoms with Crippen LogP contribution in [0.5, 0.6) is 0 Å². The molecule has 1 amide bonds. The van der Waals surface area contributed by atoms with Gasteiger partial charge in [-0.05, 0) is 29.3 Å². The zero-order valence-electron chi connectivity index (χ0n) is 14.2. The van der Waals surface area contributed by atoms with Gasteiger partial charge in [-0.3, -0.25) is 4.79 Å². The second kappa shape index (κ2) is 7.78. The Morgan fingerprint density at radius 3 is 2.63 bits per heavy atom. The molecule has 0 aliphatic carbocycles. The predicted octanol–water partition coefficient (Wildman–Crippen LogP) is 3.26. The van der Waals surface area contributed by atoms with Crippen molar-refractivity contribution >= 4 is 50.2 Å². The summed E-state index contributed by atoms with van der Waals surface area (Å²) in [5, 5.41) is 7.51. The highest BCUT2D eigenvalue weighted by Gasteiger charge is 2.29. The maximum absolute atomic E-state index is 12.2. The Bertz CT molecular complexity index is 972. The molecule has 1 aliphatic heterocycles. The minimum atomic E-state index is -3.00. The number of carbonyl (C=O) groups excluding carboxylic acids is 1. The highest BCUT2D eigenvalue weighted by atomic mass is 32.2. The van der Waals surface area contributed by atoms with E-state index in [2.05, 4.69) is 15.3 Å². The van der Waals surface area contributed by atoms with Crippen molar-refractivity contribution in [1.82, 2.24) is 15.3 Å². The van der Waals surface area contributed by atoms with Gasteiger partial charge in [0.1, 0.15) is 5.69 Å². The number of H-pyrrole nitrogens is 1. The van der Waals surface area contributed by atoms with E-state index in [9.17, 15) is 13.2 Å². The second-order valence-electron chi connectivity index (χ2n) is 6.18. The van der Waals surface area contributed by atoms with Crippen LogP contribution in [0.25, 0.3) is 21.1 Å². The fourth-order valence-corrected chi connectivity index (χ4v) is 6.72. The molecule has 2 N–H and O–H groups in total. The lowest BCUT2D eigenvalue weighted by molar-refractivity contribution is -0.119. The van der Waals surface area contributed by atoms with Gasteiger partial charge in [0, 0.05) is 6.04 Å². The summed E-state index contributed by atoms with van der Waals surface area (Å²) < 4.78 is 23.0. The highest BCUT2D eigenvalue weighted by Crippen LogP contribution is 2.36. The Labute approximate surface area is 169 Å². The summed E-state index contributed by atoms with van der Waals surface area (Å²) in [5.74, 6) is 0.207. The Kier molecular flexibility index (Phi) is 5.40. The monoisotopic (exact) mass is 439 g/mol. The third-order valence-electron chi connectivity index (χ3n) is 4.14. The number of hydrogen-bond donors (Lipinski definition) is 2. The minimum absolute atomic E-state index is 0.0369. The first-order valence-electron chi connectivity index (χ1n) is 8.30. The summed E-state index contributed by atoms with van der Waals surface area (Å²) in [5.41, 5.74) is 1.84. The molecule has 1 saturated heterocycles. The number of carbonyl (C=O) groups is 1. The maximum Gasteiger partial charge on any atom is 0.230 e. The lowest BCUT2D eigenvalue weighted by Gasteiger charge is -2.09. The molecule has 3 aromatic heterocycles. The molecule has 0 bridgehead atoms. The first-order valence-corrected chi connectivity index (χ1v) is 12.9. The SMILES string of the molecule is O=C(CSc1nc(-c2cccs2)c(-c2cccs2)[nH]1)N[C@H]1CCS(=O)(=O)C1. The summed E-state index contributed by atoms with van der Waals surface area (Å²) in [6, 6.07) is 7.78. The highest BCUT2D eigenvalue weighted by molar-refractivity contribution is 7.99. The van der Waals surface area contributed by atoms with Crippen molar-refractivity contribution in [3.05, 3.63) is 35.0 Å². The van der Waals surface area contributed by atoms with Crippen molar-refractivity contribution in [2.45, 2.75) is 17.6 Å². The van der Waals surface area contributed by atoms with E-state index < -0.39 is 9.84 Å². The first kappa shape index (κ1) is 18.7. The van der Waals surface area contributed by atoms with Crippen LogP contribution in [0.3, 0.4) is 0 Å². The van der Waals surface area contributed by atoms with Gasteiger partial charge in [0.05, 0.1) is 32.7 Å². The molecular weight excluding hydrogens is 422 g/mol. The van der Waals surface area contributed by atoms with Crippen molar-refractivity contribution in [2.75, 3.05) is 17.3 Å². The average molecular weight is 440 g/mol. The average Bonchev–Trinajstić information content (AvgIpc) is 3.40. The van der Waals surface area contributed by atoms with Crippen LogP contribution in [-0.2, 0) is 14.6 Å². The fourth-order valence-electron chi connectivity index (χ4n) is 2.92. The first-order chi connectivity index (χ1) is 13.0. The minimum Gasteiger partial charge on any atom is -0.352 e. The molecule has 0 saturated carbocycles. The van der Waals surface area contributed by atoms with Crippen LogP contribution < -0.4 is 5.32 Å². The van der Waals surface area contributed by atoms with E-state index in [1.165, 1.54) is 11.8 Å². The van der Waals surface area contributed by atoms with Crippen molar-refractivity contribution in [3.63, 3.8) is 0 Å². The van der Waals surface area contributed by atoms with Crippen molar-refractivity contribution < 1.29 is 13.2 Å². The van der Waals surface area contributed by atoms with Gasteiger partial charge in [0.2, 0.25) is 5.91 Å². The van der Waals surface area contributed by atoms with E-state index in [4.69, 9.17) is 0 Å². The number of imidazole rings is 1. The molecule has 1 atom stereocenters. The summed E-state index contributed by atoms with van der Waals surface area (Å²) in [6.07, 6.45) is 0.491. The molecule has 0 aromatic carbocycles. The quantitative estimate of drug-likeness (QED) is 0.575. The van der Waals surface area contributed by atoms with Gasteiger partial charge in [-0.2, -0.15) is 0 Å². The Hall–Kier alpha value is -1.62. The smallest absolute Gasteiger partial charge is 0.230 e. The van der Waals surface area contributed by atoms with Crippen LogP contribution >= 0.6 is 34.4 Å². The number of thiophene rings is 2. The molecule has 0 radical (unpaired) electrons. The molecule has 3 aromatic rings. The molecule has 1 fully saturated rings. The Morgan fingerprint density at radius 1 is 1.26 bits per heavy atom. The molecule has 4 heterocycles. The number of nitrogens with zero attached hydrogens (tertiary/aromatic N) is 1. The van der Waals surface area contributed by atoms with E-state index in [-0.39, 0.29) is 29.2 Å². The van der Waals surface area contributed by atoms with Gasteiger partial charge < -0.3 is 10.3 Å². The third kappa shape index (κ3) is 4.45. The van der Waals surface area contributed by atoms with Gasteiger partial charge in [0.15, 0.2) is 15.0 Å². The van der Waals surface area contributed by atoms with E-state index in [1.54, 1.807) is 22.7 Å². The molecular formula is C17H17N3O3S4. The van der Waals surface area contributed by atoms with Gasteiger partial charge in [-0.1, -0.05) is 23.9 Å². The third-order valence-corrected chi connectivity index (χ3v) is 8.55. The number of hydrogen-bond acceptors (Lipinski definition) is 7. The summed E-state index contributed by atoms with van der Waals surface area (Å²) in [4.78, 5) is 22.3. The molecule has 0 unspecified atom stereocenters. The summed E-state index contributed by atoms with van der Waals surface area (Å²) in [7, 11) is -3.00. The summed E-state index contributed by atoms with van der Waals surface area (Å²) in [6.45, 7) is 0. The lowest BCUT2D eigenvalue weighted by Crippen LogP contribution is -2.36. The van der Waals surface area contributed by atoms with Crippen molar-refractivity contribution in [1.29, 1.82) is 0 Å². The molecule has 4 rings (SSSR count). The van der Waals surface area contributed by atoms with Crippen LogP contribution in [0, 0.1) is 0 Å². The van der Waals surface area contributed by atoms with Crippen LogP contribution in [0.2, 0.25) is 0 Å². The molecule has 142 valence electrons. The van der Waals surface area contributed by atoms with E-state index in [0.717, 1.165) is 21.1 Å². The zero-order valence-corrected chi connectivity index (χ0v) is 17.4. The molecule has 10 heteroatoms. The number of amides is 1. The zero-order chi connectivity index (χ0) is 18.9. The normalized spacial score (nSPS) is 18.6. The van der Waals surface area contributed by atoms with E-state index in [0.29, 0.717) is 11.6 Å². The fraction of sp³-hybridized carbons (Fsp3) is 0.294. The van der Waals surface area contributed by atoms with E-state index >= 15 is 0 Å². The number of aromatic amines is 1. The lowest BCUT2D eigenvalue weighted by atomic mass is 10.2. The van der Waals surface area contributed by atoms with Gasteiger partial charge in [-0.15, -0.1) is 22.7 Å². The van der Waals surface area contributed by atoms with Gasteiger partial charge in [-0.25, -0.2) is 13.4 Å². The standard InChI is InChI=1S/C17H17N3O3S4/c21-14(18-11-5-8-27(22,23)10-11)9-26-17-19-15(12-3-1-6-24-12)16(20-17)13-4-2-7-25-13/h1-4,6-7,11H,5,8-10H2,(H,18,21)(H,19,20)/t11-/m0/s1. The van der Waals surface area contributed by atoms with Crippen LogP contribution in [-0.4, -0.2) is 47.6 Å². The molecule has 1 aliphatic rings. The predicted molar refractivity (Wildman–Crippen MR) is 111 cm³/mol. The van der Waals surface area contributed by atoms with Crippen molar-refractivity contribution in [2.24, 2.45) is 0 Å². The summed E-state index contributed by atoms with van der Waals surface area (Å²) >= 11 is 4.58. The van der Waals surface area contributed by atoms with Gasteiger partial charge >= 0.3 is 0 Å². The molecule has 0 spiro atoms. The number of nitrogens with one attached hydrogen (secondary N) is 2.